The summed E-state index contributed by atoms with van der Waals surface area (Å²) < 4.78 is 6.20. The Morgan fingerprint density at radius 1 is 1.22 bits per heavy atom. The monoisotopic (exact) mass is 448 g/mol. The largest absolute Gasteiger partial charge is 0.507 e. The highest BCUT2D eigenvalue weighted by atomic mass is 16.5. The molecule has 32 heavy (non-hydrogen) atoms. The van der Waals surface area contributed by atoms with Crippen molar-refractivity contribution < 1.29 is 35.1 Å². The number of aromatic hydroxyl groups is 2. The molecule has 0 radical (unpaired) electrons. The number of Topliss-reactive ketones (excluding diaryl/α,β-unsaturated/α-hetero) is 1. The van der Waals surface area contributed by atoms with E-state index < -0.39 is 23.9 Å². The van der Waals surface area contributed by atoms with E-state index in [1.807, 2.05) is 19.9 Å². The third-order valence-corrected chi connectivity index (χ3v) is 6.85. The van der Waals surface area contributed by atoms with E-state index in [9.17, 15) is 30.3 Å². The Morgan fingerprint density at radius 3 is 2.50 bits per heavy atom. The average Bonchev–Trinajstić information content (AvgIpc) is 2.65. The molecule has 0 bridgehead atoms. The number of ketones is 1. The lowest BCUT2D eigenvalue weighted by Gasteiger charge is -2.39. The van der Waals surface area contributed by atoms with E-state index in [0.717, 1.165) is 11.6 Å². The van der Waals surface area contributed by atoms with Crippen molar-refractivity contribution in [2.45, 2.75) is 90.1 Å². The molecule has 178 valence electrons. The summed E-state index contributed by atoms with van der Waals surface area (Å²) in [6, 6.07) is 1.16. The number of aliphatic hydroxyl groups excluding tert-OH is 2. The van der Waals surface area contributed by atoms with Crippen molar-refractivity contribution in [2.75, 3.05) is 0 Å². The lowest BCUT2D eigenvalue weighted by Crippen LogP contribution is -2.44. The molecule has 7 heteroatoms. The van der Waals surface area contributed by atoms with Crippen molar-refractivity contribution >= 4 is 5.78 Å². The molecule has 0 aromatic heterocycles. The number of ether oxygens (including phenoxy) is 1. The van der Waals surface area contributed by atoms with E-state index in [4.69, 9.17) is 4.74 Å². The number of hydrogen-bond acceptors (Lipinski definition) is 7. The second kappa shape index (κ2) is 9.41. The van der Waals surface area contributed by atoms with Gasteiger partial charge >= 0.3 is 0 Å². The number of benzene rings is 1. The predicted octanol–water partition coefficient (Wildman–Crippen LogP) is 3.24. The van der Waals surface area contributed by atoms with Gasteiger partial charge in [0.1, 0.15) is 28.9 Å². The van der Waals surface area contributed by atoms with Crippen LogP contribution in [-0.4, -0.2) is 55.2 Å². The van der Waals surface area contributed by atoms with Gasteiger partial charge in [0.25, 0.3) is 0 Å². The first-order chi connectivity index (χ1) is 14.9. The second-order valence-electron chi connectivity index (χ2n) is 10.2. The molecule has 1 fully saturated rings. The van der Waals surface area contributed by atoms with Gasteiger partial charge in [-0.3, -0.25) is 4.79 Å². The van der Waals surface area contributed by atoms with Crippen molar-refractivity contribution in [1.82, 2.24) is 0 Å². The van der Waals surface area contributed by atoms with Crippen LogP contribution in [0.4, 0.5) is 0 Å². The van der Waals surface area contributed by atoms with Gasteiger partial charge in [0.05, 0.1) is 17.8 Å². The van der Waals surface area contributed by atoms with Crippen LogP contribution in [0.15, 0.2) is 17.7 Å². The maximum Gasteiger partial charge on any atom is 0.174 e. The Balaban J connectivity index is 1.98. The Labute approximate surface area is 189 Å². The van der Waals surface area contributed by atoms with Crippen LogP contribution in [0.1, 0.15) is 75.7 Å². The first-order valence-electron chi connectivity index (χ1n) is 11.4. The molecule has 5 atom stereocenters. The lowest BCUT2D eigenvalue weighted by molar-refractivity contribution is -0.0435. The minimum Gasteiger partial charge on any atom is -0.507 e. The fraction of sp³-hybridized carbons (Fsp3) is 0.640. The Morgan fingerprint density at radius 2 is 1.91 bits per heavy atom. The van der Waals surface area contributed by atoms with Crippen LogP contribution < -0.4 is 4.74 Å². The third-order valence-electron chi connectivity index (χ3n) is 6.85. The number of rotatable bonds is 6. The number of allylic oxidation sites excluding steroid dienone is 2. The van der Waals surface area contributed by atoms with Gasteiger partial charge in [-0.25, -0.2) is 0 Å². The standard InChI is InChI=1S/C25H36O7/c1-13(2)5-6-14(25(3,4)31)9-17-19(28)11-20(29)23-21(30)12-22(32-24(17)23)16-8-7-15(26)10-18(16)27/h5,11,14-16,18,22,26-29,31H,6-10,12H2,1-4H3/t14?,15?,16?,18?,22-/m0/s1. The molecule has 0 spiro atoms. The van der Waals surface area contributed by atoms with Gasteiger partial charge in [-0.15, -0.1) is 0 Å². The van der Waals surface area contributed by atoms with E-state index in [0.29, 0.717) is 24.8 Å². The van der Waals surface area contributed by atoms with E-state index in [2.05, 4.69) is 0 Å². The SMILES string of the molecule is CC(C)=CCC(Cc1c(O)cc(O)c2c1O[C@H](C1CCC(O)CC1O)CC2=O)C(C)(C)O. The number of aliphatic hydroxyl groups is 3. The molecule has 7 nitrogen and oxygen atoms in total. The normalized spacial score (nSPS) is 26.8. The second-order valence-corrected chi connectivity index (χ2v) is 10.2. The molecule has 0 saturated heterocycles. The molecule has 1 saturated carbocycles. The smallest absolute Gasteiger partial charge is 0.174 e. The van der Waals surface area contributed by atoms with Crippen molar-refractivity contribution in [3.8, 4) is 17.2 Å². The zero-order chi connectivity index (χ0) is 23.8. The fourth-order valence-electron chi connectivity index (χ4n) is 4.81. The summed E-state index contributed by atoms with van der Waals surface area (Å²) in [6.45, 7) is 7.36. The maximum absolute atomic E-state index is 13.0. The molecular weight excluding hydrogens is 412 g/mol. The molecule has 1 aliphatic carbocycles. The van der Waals surface area contributed by atoms with Gasteiger partial charge < -0.3 is 30.3 Å². The van der Waals surface area contributed by atoms with E-state index in [1.54, 1.807) is 13.8 Å². The summed E-state index contributed by atoms with van der Waals surface area (Å²) in [4.78, 5) is 13.0. The Bertz CT molecular complexity index is 879. The lowest BCUT2D eigenvalue weighted by atomic mass is 9.77. The quantitative estimate of drug-likeness (QED) is 0.423. The number of carbonyl (C=O) groups is 1. The summed E-state index contributed by atoms with van der Waals surface area (Å²) in [5, 5.41) is 52.1. The van der Waals surface area contributed by atoms with Crippen molar-refractivity contribution in [2.24, 2.45) is 11.8 Å². The predicted molar refractivity (Wildman–Crippen MR) is 120 cm³/mol. The molecule has 2 aliphatic rings. The number of fused-ring (bicyclic) bond motifs is 1. The van der Waals surface area contributed by atoms with Crippen LogP contribution in [0.25, 0.3) is 0 Å². The number of hydrogen-bond donors (Lipinski definition) is 5. The third kappa shape index (κ3) is 5.27. The number of phenolic OH excluding ortho intramolecular Hbond substituents is 2. The minimum atomic E-state index is -1.06. The topological polar surface area (TPSA) is 127 Å². The number of carbonyl (C=O) groups excluding carboxylic acids is 1. The molecule has 5 N–H and O–H groups in total. The highest BCUT2D eigenvalue weighted by molar-refractivity contribution is 6.03. The van der Waals surface area contributed by atoms with Crippen molar-refractivity contribution in [3.05, 3.63) is 28.8 Å². The summed E-state index contributed by atoms with van der Waals surface area (Å²) in [7, 11) is 0. The molecule has 0 amide bonds. The zero-order valence-electron chi connectivity index (χ0n) is 19.3. The summed E-state index contributed by atoms with van der Waals surface area (Å²) in [5.74, 6) is -1.31. The molecule has 3 rings (SSSR count). The van der Waals surface area contributed by atoms with Gasteiger partial charge in [-0.1, -0.05) is 11.6 Å². The first-order valence-corrected chi connectivity index (χ1v) is 11.4. The van der Waals surface area contributed by atoms with Gasteiger partial charge in [0.15, 0.2) is 5.78 Å². The van der Waals surface area contributed by atoms with E-state index >= 15 is 0 Å². The van der Waals surface area contributed by atoms with Crippen LogP contribution in [0.2, 0.25) is 0 Å². The molecule has 1 aromatic rings. The highest BCUT2D eigenvalue weighted by Gasteiger charge is 2.42. The molecular formula is C25H36O7. The van der Waals surface area contributed by atoms with Crippen LogP contribution in [-0.2, 0) is 6.42 Å². The van der Waals surface area contributed by atoms with Crippen LogP contribution in [0.5, 0.6) is 17.2 Å². The van der Waals surface area contributed by atoms with Gasteiger partial charge in [-0.2, -0.15) is 0 Å². The van der Waals surface area contributed by atoms with Gasteiger partial charge in [-0.05, 0) is 65.7 Å². The van der Waals surface area contributed by atoms with Crippen LogP contribution in [0, 0.1) is 11.8 Å². The maximum atomic E-state index is 13.0. The van der Waals surface area contributed by atoms with Crippen molar-refractivity contribution in [1.29, 1.82) is 0 Å². The van der Waals surface area contributed by atoms with E-state index in [1.165, 1.54) is 0 Å². The first kappa shape index (κ1) is 24.6. The molecule has 1 heterocycles. The number of phenols is 2. The van der Waals surface area contributed by atoms with Crippen molar-refractivity contribution in [3.63, 3.8) is 0 Å². The average molecular weight is 449 g/mol. The summed E-state index contributed by atoms with van der Waals surface area (Å²) in [6.07, 6.45) is 2.12. The van der Waals surface area contributed by atoms with Gasteiger partial charge in [0.2, 0.25) is 0 Å². The van der Waals surface area contributed by atoms with E-state index in [-0.39, 0.29) is 59.7 Å². The minimum absolute atomic E-state index is 0.00921. The van der Waals surface area contributed by atoms with Crippen LogP contribution in [0.3, 0.4) is 0 Å². The van der Waals surface area contributed by atoms with Gasteiger partial charge in [0, 0.05) is 24.0 Å². The fourth-order valence-corrected chi connectivity index (χ4v) is 4.81. The highest BCUT2D eigenvalue weighted by Crippen LogP contribution is 2.46. The Hall–Kier alpha value is -2.09. The molecule has 4 unspecified atom stereocenters. The summed E-state index contributed by atoms with van der Waals surface area (Å²) in [5.41, 5.74) is 0.458. The van der Waals surface area contributed by atoms with Crippen LogP contribution >= 0.6 is 0 Å². The zero-order valence-corrected chi connectivity index (χ0v) is 19.3. The molecule has 1 aliphatic heterocycles. The summed E-state index contributed by atoms with van der Waals surface area (Å²) >= 11 is 0. The Kier molecular flexibility index (Phi) is 7.22. The molecule has 1 aromatic carbocycles.